The number of quaternary nitrogens is 1. The Hall–Kier alpha value is -1.77. The van der Waals surface area contributed by atoms with Crippen LogP contribution in [0.5, 0.6) is 0 Å². The molecule has 10 heteroatoms. The molecule has 0 aliphatic rings. The summed E-state index contributed by atoms with van der Waals surface area (Å²) in [6.45, 7) is 6.84. The highest BCUT2D eigenvalue weighted by molar-refractivity contribution is 7.45. The van der Waals surface area contributed by atoms with Gasteiger partial charge in [0.1, 0.15) is 19.3 Å². The van der Waals surface area contributed by atoms with E-state index in [9.17, 15) is 19.0 Å². The normalized spacial score (nSPS) is 13.9. The standard InChI is InChI=1S/C63H121N2O7P/c1-7-10-13-16-19-22-25-27-28-29-30-31-32-33-34-35-36-38-40-43-46-49-52-55-62(66)64-60(59-71-73(68,69)70-58-57-65(4,5)6)61(54-51-48-45-42-39-24-21-18-15-12-9-3)72-63(67)56-53-50-47-44-41-37-26-23-20-17-14-11-8-2/h19,22,27-28,51,54,60-61H,7-18,20-21,23-26,29-50,52-53,55-59H2,1-6H3,(H-,64,66,68,69)/b22-19-,28-27-,54-51-. The lowest BCUT2D eigenvalue weighted by Gasteiger charge is -2.30. The van der Waals surface area contributed by atoms with Crippen molar-refractivity contribution in [1.82, 2.24) is 5.32 Å². The molecular formula is C63H121N2O7P. The molecular weight excluding hydrogens is 928 g/mol. The van der Waals surface area contributed by atoms with E-state index in [1.165, 1.54) is 205 Å². The highest BCUT2D eigenvalue weighted by Crippen LogP contribution is 2.38. The van der Waals surface area contributed by atoms with Gasteiger partial charge in [-0.25, -0.2) is 0 Å². The Morgan fingerprint density at radius 2 is 0.836 bits per heavy atom. The molecule has 430 valence electrons. The second-order valence-corrected chi connectivity index (χ2v) is 24.0. The van der Waals surface area contributed by atoms with Crippen LogP contribution in [-0.4, -0.2) is 69.4 Å². The van der Waals surface area contributed by atoms with E-state index in [2.05, 4.69) is 50.4 Å². The molecule has 3 unspecified atom stereocenters. The number of rotatable bonds is 57. The van der Waals surface area contributed by atoms with Crippen molar-refractivity contribution in [2.75, 3.05) is 40.9 Å². The molecule has 1 N–H and O–H groups in total. The molecule has 0 rings (SSSR count). The average Bonchev–Trinajstić information content (AvgIpc) is 3.35. The Bertz CT molecular complexity index is 1350. The number of phosphoric ester groups is 1. The van der Waals surface area contributed by atoms with Crippen molar-refractivity contribution in [2.45, 2.75) is 315 Å². The minimum atomic E-state index is -4.69. The Morgan fingerprint density at radius 3 is 1.26 bits per heavy atom. The van der Waals surface area contributed by atoms with E-state index in [4.69, 9.17) is 13.8 Å². The number of likely N-dealkylation sites (N-methyl/N-ethyl adjacent to an activating group) is 1. The molecule has 0 spiro atoms. The molecule has 0 radical (unpaired) electrons. The topological polar surface area (TPSA) is 114 Å². The van der Waals surface area contributed by atoms with Crippen molar-refractivity contribution in [3.8, 4) is 0 Å². The van der Waals surface area contributed by atoms with Crippen molar-refractivity contribution in [2.24, 2.45) is 0 Å². The number of ether oxygens (including phenoxy) is 1. The maximum Gasteiger partial charge on any atom is 0.306 e. The predicted octanol–water partition coefficient (Wildman–Crippen LogP) is 18.5. The Balaban J connectivity index is 5.09. The molecule has 0 aromatic rings. The van der Waals surface area contributed by atoms with Gasteiger partial charge >= 0.3 is 5.97 Å². The fourth-order valence-corrected chi connectivity index (χ4v) is 9.92. The number of carbonyl (C=O) groups is 2. The van der Waals surface area contributed by atoms with Crippen LogP contribution in [0, 0.1) is 0 Å². The number of phosphoric acid groups is 1. The molecule has 0 fully saturated rings. The number of hydrogen-bond acceptors (Lipinski definition) is 7. The predicted molar refractivity (Wildman–Crippen MR) is 312 cm³/mol. The van der Waals surface area contributed by atoms with Crippen molar-refractivity contribution in [3.63, 3.8) is 0 Å². The zero-order valence-electron chi connectivity index (χ0n) is 49.1. The Kier molecular flexibility index (Phi) is 52.3. The second kappa shape index (κ2) is 53.6. The van der Waals surface area contributed by atoms with Gasteiger partial charge in [0, 0.05) is 12.8 Å². The SMILES string of the molecule is CCCCC/C=C\C/C=C\CCCCCCCCCCCCCCCC(=O)NC(COP(=O)([O-])OCC[N+](C)(C)C)C(/C=C\CCCCCCCCCCC)OC(=O)CCCCCCCCCCCCCCC. The summed E-state index contributed by atoms with van der Waals surface area (Å²) in [6.07, 6.45) is 64.0. The number of amides is 1. The summed E-state index contributed by atoms with van der Waals surface area (Å²) in [4.78, 5) is 39.9. The van der Waals surface area contributed by atoms with Crippen LogP contribution in [0.15, 0.2) is 36.5 Å². The first kappa shape index (κ1) is 71.2. The summed E-state index contributed by atoms with van der Waals surface area (Å²) >= 11 is 0. The molecule has 0 saturated carbocycles. The van der Waals surface area contributed by atoms with Crippen LogP contribution in [0.4, 0.5) is 0 Å². The number of nitrogens with zero attached hydrogens (tertiary/aromatic N) is 1. The number of hydrogen-bond donors (Lipinski definition) is 1. The minimum absolute atomic E-state index is 0.0198. The molecule has 73 heavy (non-hydrogen) atoms. The number of nitrogens with one attached hydrogen (secondary N) is 1. The van der Waals surface area contributed by atoms with Gasteiger partial charge in [0.15, 0.2) is 0 Å². The van der Waals surface area contributed by atoms with Crippen LogP contribution < -0.4 is 10.2 Å². The molecule has 0 aliphatic heterocycles. The summed E-state index contributed by atoms with van der Waals surface area (Å²) < 4.78 is 30.3. The largest absolute Gasteiger partial charge is 0.756 e. The second-order valence-electron chi connectivity index (χ2n) is 22.6. The van der Waals surface area contributed by atoms with E-state index in [1.807, 2.05) is 33.3 Å². The third-order valence-corrected chi connectivity index (χ3v) is 15.0. The van der Waals surface area contributed by atoms with Gasteiger partial charge in [-0.3, -0.25) is 14.2 Å². The first-order valence-corrected chi connectivity index (χ1v) is 32.8. The van der Waals surface area contributed by atoms with Crippen LogP contribution in [0.25, 0.3) is 0 Å². The first-order valence-electron chi connectivity index (χ1n) is 31.3. The zero-order chi connectivity index (χ0) is 53.6. The van der Waals surface area contributed by atoms with Crippen LogP contribution in [0.3, 0.4) is 0 Å². The minimum Gasteiger partial charge on any atom is -0.756 e. The van der Waals surface area contributed by atoms with Gasteiger partial charge < -0.3 is 28.5 Å². The fraction of sp³-hybridized carbons (Fsp3) is 0.873. The third kappa shape index (κ3) is 54.8. The molecule has 0 heterocycles. The van der Waals surface area contributed by atoms with Gasteiger partial charge in [-0.05, 0) is 63.9 Å². The highest BCUT2D eigenvalue weighted by Gasteiger charge is 2.27. The number of allylic oxidation sites excluding steroid dienone is 5. The van der Waals surface area contributed by atoms with Gasteiger partial charge in [0.2, 0.25) is 5.91 Å². The number of esters is 1. The molecule has 0 aromatic carbocycles. The smallest absolute Gasteiger partial charge is 0.306 e. The van der Waals surface area contributed by atoms with Gasteiger partial charge in [-0.1, -0.05) is 263 Å². The van der Waals surface area contributed by atoms with Gasteiger partial charge in [0.25, 0.3) is 7.82 Å². The van der Waals surface area contributed by atoms with Crippen molar-refractivity contribution in [1.29, 1.82) is 0 Å². The van der Waals surface area contributed by atoms with Crippen LogP contribution >= 0.6 is 7.82 Å². The molecule has 9 nitrogen and oxygen atoms in total. The van der Waals surface area contributed by atoms with Crippen molar-refractivity contribution in [3.05, 3.63) is 36.5 Å². The molecule has 1 amide bonds. The van der Waals surface area contributed by atoms with E-state index in [0.717, 1.165) is 64.2 Å². The zero-order valence-corrected chi connectivity index (χ0v) is 50.0. The van der Waals surface area contributed by atoms with E-state index in [-0.39, 0.29) is 31.5 Å². The van der Waals surface area contributed by atoms with E-state index < -0.39 is 20.0 Å². The van der Waals surface area contributed by atoms with Gasteiger partial charge in [-0.15, -0.1) is 0 Å². The molecule has 0 aromatic heterocycles. The molecule has 0 bridgehead atoms. The van der Waals surface area contributed by atoms with Crippen LogP contribution in [-0.2, 0) is 27.9 Å². The van der Waals surface area contributed by atoms with E-state index in [0.29, 0.717) is 17.4 Å². The summed E-state index contributed by atoms with van der Waals surface area (Å²) in [5.74, 6) is -0.530. The van der Waals surface area contributed by atoms with Gasteiger partial charge in [0.05, 0.1) is 33.8 Å². The van der Waals surface area contributed by atoms with Crippen molar-refractivity contribution >= 4 is 19.7 Å². The average molecular weight is 1050 g/mol. The van der Waals surface area contributed by atoms with Crippen molar-refractivity contribution < 1.29 is 37.3 Å². The maximum atomic E-state index is 13.5. The fourth-order valence-electron chi connectivity index (χ4n) is 9.20. The summed E-state index contributed by atoms with van der Waals surface area (Å²) in [5.41, 5.74) is 0. The van der Waals surface area contributed by atoms with Gasteiger partial charge in [-0.2, -0.15) is 0 Å². The lowest BCUT2D eigenvalue weighted by Crippen LogP contribution is -2.47. The molecule has 0 saturated heterocycles. The van der Waals surface area contributed by atoms with Crippen LogP contribution in [0.1, 0.15) is 303 Å². The highest BCUT2D eigenvalue weighted by atomic mass is 31.2. The third-order valence-electron chi connectivity index (χ3n) is 14.1. The van der Waals surface area contributed by atoms with E-state index >= 15 is 0 Å². The summed E-state index contributed by atoms with van der Waals surface area (Å²) in [6, 6.07) is -0.883. The lowest BCUT2D eigenvalue weighted by molar-refractivity contribution is -0.870. The van der Waals surface area contributed by atoms with Crippen LogP contribution in [0.2, 0.25) is 0 Å². The first-order chi connectivity index (χ1) is 35.4. The molecule has 3 atom stereocenters. The summed E-state index contributed by atoms with van der Waals surface area (Å²) in [7, 11) is 1.20. The number of unbranched alkanes of at least 4 members (excludes halogenated alkanes) is 37. The Labute approximate surface area is 453 Å². The monoisotopic (exact) mass is 1050 g/mol. The maximum absolute atomic E-state index is 13.5. The Morgan fingerprint density at radius 1 is 0.479 bits per heavy atom. The summed E-state index contributed by atoms with van der Waals surface area (Å²) in [5, 5.41) is 3.03. The molecule has 0 aliphatic carbocycles. The lowest BCUT2D eigenvalue weighted by atomic mass is 10.0. The quantitative estimate of drug-likeness (QED) is 0.0212. The van der Waals surface area contributed by atoms with E-state index in [1.54, 1.807) is 0 Å². The number of carbonyl (C=O) groups excluding carboxylic acids is 2.